The van der Waals surface area contributed by atoms with Crippen LogP contribution >= 0.6 is 0 Å². The van der Waals surface area contributed by atoms with Gasteiger partial charge in [-0.2, -0.15) is 0 Å². The van der Waals surface area contributed by atoms with Gasteiger partial charge < -0.3 is 10.2 Å². The van der Waals surface area contributed by atoms with Crippen molar-refractivity contribution in [3.05, 3.63) is 28.8 Å². The molecular weight excluding hydrogens is 386 g/mol. The molecule has 0 saturated carbocycles. The summed E-state index contributed by atoms with van der Waals surface area (Å²) in [4.78, 5) is 52.2. The maximum Gasteiger partial charge on any atom is 0.265 e. The molecule has 3 unspecified atom stereocenters. The molecule has 29 heavy (non-hydrogen) atoms. The normalized spacial score (nSPS) is 28.8. The van der Waals surface area contributed by atoms with Crippen molar-refractivity contribution in [3.63, 3.8) is 0 Å². The third kappa shape index (κ3) is 2.58. The second-order valence-electron chi connectivity index (χ2n) is 7.88. The summed E-state index contributed by atoms with van der Waals surface area (Å²) in [6, 6.07) is -0.0906. The van der Waals surface area contributed by atoms with E-state index in [2.05, 4.69) is 10.6 Å². The van der Waals surface area contributed by atoms with Gasteiger partial charge in [-0.3, -0.25) is 29.4 Å². The van der Waals surface area contributed by atoms with Crippen LogP contribution in [0, 0.1) is 11.6 Å². The SMILES string of the molecule is O=C1CCC(N2C(=O)c3c(N4CC5CCC4CN5)cc(F)c(F)c3C2=O)C(=O)N1. The standard InChI is InChI=1S/C19H18F2N4O4/c20-10-5-12(24-7-8-1-2-9(24)6-22-8)14-15(16(10)21)19(29)25(18(14)28)11-3-4-13(26)23-17(11)27/h5,8-9,11,22H,1-4,6-7H2,(H,23,26,27). The molecule has 6 rings (SSSR count). The van der Waals surface area contributed by atoms with E-state index >= 15 is 0 Å². The summed E-state index contributed by atoms with van der Waals surface area (Å²) in [6.45, 7) is 1.17. The maximum atomic E-state index is 14.6. The average Bonchev–Trinajstić information content (AvgIpc) is 2.97. The molecule has 0 aromatic heterocycles. The summed E-state index contributed by atoms with van der Waals surface area (Å²) < 4.78 is 29.0. The number of imide groups is 2. The Morgan fingerprint density at radius 1 is 1.00 bits per heavy atom. The minimum absolute atomic E-state index is 0.00140. The first kappa shape index (κ1) is 18.2. The van der Waals surface area contributed by atoms with Crippen LogP contribution in [0.2, 0.25) is 0 Å². The molecule has 4 fully saturated rings. The summed E-state index contributed by atoms with van der Waals surface area (Å²) >= 11 is 0. The molecule has 4 saturated heterocycles. The highest BCUT2D eigenvalue weighted by atomic mass is 19.2. The second kappa shape index (κ2) is 6.31. The molecule has 3 atom stereocenters. The number of hydrogen-bond acceptors (Lipinski definition) is 6. The molecule has 1 aromatic carbocycles. The summed E-state index contributed by atoms with van der Waals surface area (Å²) in [7, 11) is 0. The number of fused-ring (bicyclic) bond motifs is 4. The number of halogens is 2. The van der Waals surface area contributed by atoms with E-state index in [1.165, 1.54) is 0 Å². The smallest absolute Gasteiger partial charge is 0.265 e. The molecule has 0 radical (unpaired) electrons. The van der Waals surface area contributed by atoms with Crippen LogP contribution in [0.5, 0.6) is 0 Å². The number of piperidine rings is 3. The highest BCUT2D eigenvalue weighted by Gasteiger charge is 2.49. The van der Waals surface area contributed by atoms with Gasteiger partial charge in [-0.25, -0.2) is 8.78 Å². The lowest BCUT2D eigenvalue weighted by Crippen LogP contribution is -2.61. The summed E-state index contributed by atoms with van der Waals surface area (Å²) in [5.74, 6) is -5.77. The fourth-order valence-electron chi connectivity index (χ4n) is 4.81. The maximum absolute atomic E-state index is 14.6. The number of carbonyl (C=O) groups excluding carboxylic acids is 4. The highest BCUT2D eigenvalue weighted by molar-refractivity contribution is 6.25. The predicted octanol–water partition coefficient (Wildman–Crippen LogP) is 0.307. The predicted molar refractivity (Wildman–Crippen MR) is 95.2 cm³/mol. The minimum Gasteiger partial charge on any atom is -0.365 e. The van der Waals surface area contributed by atoms with Gasteiger partial charge in [0.15, 0.2) is 11.6 Å². The van der Waals surface area contributed by atoms with E-state index in [9.17, 15) is 28.0 Å². The molecule has 10 heteroatoms. The van der Waals surface area contributed by atoms with Crippen LogP contribution in [-0.2, 0) is 9.59 Å². The number of nitrogens with one attached hydrogen (secondary N) is 2. The highest BCUT2D eigenvalue weighted by Crippen LogP contribution is 2.39. The van der Waals surface area contributed by atoms with Crippen molar-refractivity contribution in [2.24, 2.45) is 0 Å². The van der Waals surface area contributed by atoms with E-state index < -0.39 is 46.9 Å². The van der Waals surface area contributed by atoms with E-state index in [-0.39, 0.29) is 36.2 Å². The van der Waals surface area contributed by atoms with Gasteiger partial charge in [-0.1, -0.05) is 0 Å². The van der Waals surface area contributed by atoms with Gasteiger partial charge in [-0.05, 0) is 19.3 Å². The molecule has 0 spiro atoms. The number of rotatable bonds is 2. The summed E-state index contributed by atoms with van der Waals surface area (Å²) in [6.07, 6.45) is 1.69. The van der Waals surface area contributed by atoms with Crippen molar-refractivity contribution in [3.8, 4) is 0 Å². The molecule has 2 N–H and O–H groups in total. The number of anilines is 1. The van der Waals surface area contributed by atoms with Crippen LogP contribution in [0.3, 0.4) is 0 Å². The van der Waals surface area contributed by atoms with Crippen LogP contribution in [-0.4, -0.2) is 59.7 Å². The molecule has 2 bridgehead atoms. The van der Waals surface area contributed by atoms with Crippen LogP contribution in [0.4, 0.5) is 14.5 Å². The fraction of sp³-hybridized carbons (Fsp3) is 0.474. The van der Waals surface area contributed by atoms with Gasteiger partial charge in [0, 0.05) is 37.7 Å². The topological polar surface area (TPSA) is 98.8 Å². The van der Waals surface area contributed by atoms with Crippen molar-refractivity contribution in [2.75, 3.05) is 18.0 Å². The van der Waals surface area contributed by atoms with Gasteiger partial charge in [0.25, 0.3) is 11.8 Å². The number of benzene rings is 1. The van der Waals surface area contributed by atoms with Crippen molar-refractivity contribution in [1.29, 1.82) is 0 Å². The van der Waals surface area contributed by atoms with Crippen molar-refractivity contribution >= 4 is 29.3 Å². The van der Waals surface area contributed by atoms with Crippen molar-refractivity contribution < 1.29 is 28.0 Å². The lowest BCUT2D eigenvalue weighted by atomic mass is 9.91. The zero-order chi connectivity index (χ0) is 20.4. The van der Waals surface area contributed by atoms with Gasteiger partial charge in [0.05, 0.1) is 16.8 Å². The van der Waals surface area contributed by atoms with E-state index in [0.717, 1.165) is 18.9 Å². The Balaban J connectivity index is 1.59. The average molecular weight is 404 g/mol. The fourth-order valence-corrected chi connectivity index (χ4v) is 4.81. The first-order valence-electron chi connectivity index (χ1n) is 9.60. The molecule has 0 aliphatic carbocycles. The molecule has 152 valence electrons. The van der Waals surface area contributed by atoms with Crippen LogP contribution in [0.1, 0.15) is 46.4 Å². The Hall–Kier alpha value is -2.88. The van der Waals surface area contributed by atoms with E-state index in [1.807, 2.05) is 4.90 Å². The monoisotopic (exact) mass is 404 g/mol. The Morgan fingerprint density at radius 3 is 2.38 bits per heavy atom. The number of hydrogen-bond donors (Lipinski definition) is 2. The van der Waals surface area contributed by atoms with E-state index in [1.54, 1.807) is 0 Å². The second-order valence-corrected chi connectivity index (χ2v) is 7.88. The molecule has 8 nitrogen and oxygen atoms in total. The molecule has 5 aliphatic rings. The van der Waals surface area contributed by atoms with Gasteiger partial charge >= 0.3 is 0 Å². The number of amides is 4. The number of nitrogens with zero attached hydrogens (tertiary/aromatic N) is 2. The van der Waals surface area contributed by atoms with Gasteiger partial charge in [0.1, 0.15) is 6.04 Å². The third-order valence-corrected chi connectivity index (χ3v) is 6.24. The molecule has 5 aliphatic heterocycles. The quantitative estimate of drug-likeness (QED) is 0.689. The molecular formula is C19H18F2N4O4. The van der Waals surface area contributed by atoms with Crippen LogP contribution in [0.25, 0.3) is 0 Å². The van der Waals surface area contributed by atoms with E-state index in [4.69, 9.17) is 0 Å². The Bertz CT molecular complexity index is 973. The number of piperazine rings is 1. The van der Waals surface area contributed by atoms with Gasteiger partial charge in [-0.15, -0.1) is 0 Å². The van der Waals surface area contributed by atoms with Crippen LogP contribution in [0.15, 0.2) is 6.07 Å². The Labute approximate surface area is 164 Å². The lowest BCUT2D eigenvalue weighted by molar-refractivity contribution is -0.136. The van der Waals surface area contributed by atoms with Crippen molar-refractivity contribution in [2.45, 2.75) is 43.8 Å². The zero-order valence-electron chi connectivity index (χ0n) is 15.3. The first-order chi connectivity index (χ1) is 13.9. The minimum atomic E-state index is -1.39. The van der Waals surface area contributed by atoms with Gasteiger partial charge in [0.2, 0.25) is 11.8 Å². The Morgan fingerprint density at radius 2 is 1.76 bits per heavy atom. The first-order valence-corrected chi connectivity index (χ1v) is 9.60. The summed E-state index contributed by atoms with van der Waals surface area (Å²) in [5.41, 5.74) is -0.654. The summed E-state index contributed by atoms with van der Waals surface area (Å²) in [5, 5.41) is 5.44. The Kier molecular flexibility index (Phi) is 3.95. The number of carbonyl (C=O) groups is 4. The van der Waals surface area contributed by atoms with Crippen LogP contribution < -0.4 is 15.5 Å². The largest absolute Gasteiger partial charge is 0.365 e. The lowest BCUT2D eigenvalue weighted by Gasteiger charge is -2.47. The zero-order valence-corrected chi connectivity index (χ0v) is 15.3. The third-order valence-electron chi connectivity index (χ3n) is 6.24. The van der Waals surface area contributed by atoms with E-state index in [0.29, 0.717) is 18.0 Å². The van der Waals surface area contributed by atoms with Crippen molar-refractivity contribution in [1.82, 2.24) is 15.5 Å². The molecule has 1 aromatic rings. The molecule has 5 heterocycles. The molecule has 4 amide bonds.